The largest absolute Gasteiger partial charge is 0.497 e. The number of hydrogen-bond acceptors (Lipinski definition) is 3. The summed E-state index contributed by atoms with van der Waals surface area (Å²) in [5, 5.41) is 4.16. The third-order valence-corrected chi connectivity index (χ3v) is 5.08. The second-order valence-electron chi connectivity index (χ2n) is 6.45. The Hall–Kier alpha value is -1.46. The third-order valence-electron chi connectivity index (χ3n) is 4.72. The molecule has 0 unspecified atom stereocenters. The number of nitrogens with zero attached hydrogens (tertiary/aromatic N) is 2. The average Bonchev–Trinajstić information content (AvgIpc) is 2.65. The zero-order chi connectivity index (χ0) is 18.1. The predicted octanol–water partition coefficient (Wildman–Crippen LogP) is 3.22. The van der Waals surface area contributed by atoms with E-state index in [9.17, 15) is 0 Å². The van der Waals surface area contributed by atoms with Crippen molar-refractivity contribution in [3.8, 4) is 5.75 Å². The maximum atomic E-state index is 6.30. The van der Waals surface area contributed by atoms with Crippen LogP contribution < -0.4 is 10.1 Å². The highest BCUT2D eigenvalue weighted by Crippen LogP contribution is 2.22. The summed E-state index contributed by atoms with van der Waals surface area (Å²) in [4.78, 5) is 6.59. The maximum Gasteiger partial charge on any atom is 0.193 e. The summed E-state index contributed by atoms with van der Waals surface area (Å²) in [7, 11) is 5.57. The summed E-state index contributed by atoms with van der Waals surface area (Å²) in [5.41, 5.74) is 1.11. The molecule has 0 spiro atoms. The first-order valence-electron chi connectivity index (χ1n) is 8.96. The van der Waals surface area contributed by atoms with E-state index in [0.29, 0.717) is 0 Å². The van der Waals surface area contributed by atoms with Gasteiger partial charge < -0.3 is 19.7 Å². The van der Waals surface area contributed by atoms with E-state index in [-0.39, 0.29) is 0 Å². The van der Waals surface area contributed by atoms with Crippen molar-refractivity contribution in [2.75, 3.05) is 47.5 Å². The molecule has 1 aliphatic rings. The monoisotopic (exact) mass is 367 g/mol. The SMILES string of the molecule is CN=C(NCCc1ccc(OC)cc1Cl)N(C)CCC1CCOCC1. The Kier molecular flexibility index (Phi) is 8.35. The van der Waals surface area contributed by atoms with Gasteiger partial charge in [0.15, 0.2) is 5.96 Å². The fraction of sp³-hybridized carbons (Fsp3) is 0.632. The second kappa shape index (κ2) is 10.5. The fourth-order valence-corrected chi connectivity index (χ4v) is 3.33. The molecule has 0 saturated carbocycles. The molecule has 2 rings (SSSR count). The van der Waals surface area contributed by atoms with Gasteiger partial charge in [0.25, 0.3) is 0 Å². The summed E-state index contributed by atoms with van der Waals surface area (Å²) in [6.45, 7) is 3.61. The minimum absolute atomic E-state index is 0.740. The van der Waals surface area contributed by atoms with Crippen molar-refractivity contribution in [1.29, 1.82) is 0 Å². The molecule has 1 fully saturated rings. The second-order valence-corrected chi connectivity index (χ2v) is 6.85. The zero-order valence-electron chi connectivity index (χ0n) is 15.6. The number of hydrogen-bond donors (Lipinski definition) is 1. The summed E-state index contributed by atoms with van der Waals surface area (Å²) < 4.78 is 10.6. The predicted molar refractivity (Wildman–Crippen MR) is 104 cm³/mol. The van der Waals surface area contributed by atoms with Crippen LogP contribution in [0.3, 0.4) is 0 Å². The highest BCUT2D eigenvalue weighted by atomic mass is 35.5. The molecular formula is C19H30ClN3O2. The zero-order valence-corrected chi connectivity index (χ0v) is 16.3. The smallest absolute Gasteiger partial charge is 0.193 e. The van der Waals surface area contributed by atoms with E-state index < -0.39 is 0 Å². The number of methoxy groups -OCH3 is 1. The van der Waals surface area contributed by atoms with E-state index in [1.807, 2.05) is 25.2 Å². The molecule has 6 heteroatoms. The van der Waals surface area contributed by atoms with E-state index >= 15 is 0 Å². The van der Waals surface area contributed by atoms with Gasteiger partial charge in [0.2, 0.25) is 0 Å². The van der Waals surface area contributed by atoms with Crippen LogP contribution in [0, 0.1) is 5.92 Å². The lowest BCUT2D eigenvalue weighted by molar-refractivity contribution is 0.0625. The van der Waals surface area contributed by atoms with Gasteiger partial charge in [-0.1, -0.05) is 17.7 Å². The van der Waals surface area contributed by atoms with Gasteiger partial charge in [-0.2, -0.15) is 0 Å². The van der Waals surface area contributed by atoms with E-state index in [0.717, 1.165) is 60.9 Å². The van der Waals surface area contributed by atoms with E-state index in [1.54, 1.807) is 7.11 Å². The fourth-order valence-electron chi connectivity index (χ4n) is 3.07. The van der Waals surface area contributed by atoms with Crippen molar-refractivity contribution in [2.24, 2.45) is 10.9 Å². The summed E-state index contributed by atoms with van der Waals surface area (Å²) in [5.74, 6) is 2.48. The number of ether oxygens (including phenoxy) is 2. The van der Waals surface area contributed by atoms with Crippen LogP contribution in [0.1, 0.15) is 24.8 Å². The molecule has 1 aromatic rings. The number of guanidine groups is 1. The first kappa shape index (κ1) is 19.9. The standard InChI is InChI=1S/C19H30ClN3O2/c1-21-19(23(2)11-7-15-8-12-25-13-9-15)22-10-6-16-4-5-17(24-3)14-18(16)20/h4-5,14-15H,6-13H2,1-3H3,(H,21,22). The van der Waals surface area contributed by atoms with Gasteiger partial charge in [-0.15, -0.1) is 0 Å². The summed E-state index contributed by atoms with van der Waals surface area (Å²) >= 11 is 6.30. The van der Waals surface area contributed by atoms with Gasteiger partial charge in [-0.25, -0.2) is 0 Å². The first-order valence-corrected chi connectivity index (χ1v) is 9.33. The van der Waals surface area contributed by atoms with Gasteiger partial charge in [-0.3, -0.25) is 4.99 Å². The Morgan fingerprint density at radius 2 is 2.16 bits per heavy atom. The van der Waals surface area contributed by atoms with E-state index in [4.69, 9.17) is 21.1 Å². The molecule has 0 bridgehead atoms. The first-order chi connectivity index (χ1) is 12.1. The van der Waals surface area contributed by atoms with Crippen LogP contribution in [0.15, 0.2) is 23.2 Å². The van der Waals surface area contributed by atoms with Crippen LogP contribution in [0.2, 0.25) is 5.02 Å². The molecule has 5 nitrogen and oxygen atoms in total. The van der Waals surface area contributed by atoms with E-state index in [2.05, 4.69) is 22.3 Å². The Morgan fingerprint density at radius 1 is 1.40 bits per heavy atom. The van der Waals surface area contributed by atoms with Crippen LogP contribution >= 0.6 is 11.6 Å². The van der Waals surface area contributed by atoms with Crippen LogP contribution in [0.4, 0.5) is 0 Å². The molecule has 1 saturated heterocycles. The number of rotatable bonds is 7. The Labute approximate surface area is 156 Å². The number of nitrogens with one attached hydrogen (secondary N) is 1. The van der Waals surface area contributed by atoms with Gasteiger partial charge in [0.1, 0.15) is 5.75 Å². The van der Waals surface area contributed by atoms with Crippen molar-refractivity contribution in [2.45, 2.75) is 25.7 Å². The van der Waals surface area contributed by atoms with Crippen molar-refractivity contribution in [3.63, 3.8) is 0 Å². The quantitative estimate of drug-likeness (QED) is 0.593. The van der Waals surface area contributed by atoms with Crippen LogP contribution in [0.5, 0.6) is 5.75 Å². The van der Waals surface area contributed by atoms with Gasteiger partial charge in [0.05, 0.1) is 7.11 Å². The summed E-state index contributed by atoms with van der Waals surface area (Å²) in [6.07, 6.45) is 4.38. The Balaban J connectivity index is 1.75. The highest BCUT2D eigenvalue weighted by Gasteiger charge is 2.15. The molecule has 0 atom stereocenters. The van der Waals surface area contributed by atoms with Crippen LogP contribution in [-0.4, -0.2) is 58.4 Å². The molecule has 0 radical (unpaired) electrons. The molecule has 25 heavy (non-hydrogen) atoms. The molecular weight excluding hydrogens is 338 g/mol. The molecule has 140 valence electrons. The highest BCUT2D eigenvalue weighted by molar-refractivity contribution is 6.31. The molecule has 1 N–H and O–H groups in total. The molecule has 0 aliphatic carbocycles. The number of benzene rings is 1. The summed E-state index contributed by atoms with van der Waals surface area (Å²) in [6, 6.07) is 5.81. The molecule has 0 amide bonds. The van der Waals surface area contributed by atoms with Crippen molar-refractivity contribution in [3.05, 3.63) is 28.8 Å². The van der Waals surface area contributed by atoms with Crippen LogP contribution in [-0.2, 0) is 11.2 Å². The number of aliphatic imine (C=N–C) groups is 1. The van der Waals surface area contributed by atoms with Crippen LogP contribution in [0.25, 0.3) is 0 Å². The Bertz CT molecular complexity index is 560. The molecule has 1 heterocycles. The van der Waals surface area contributed by atoms with Crippen molar-refractivity contribution in [1.82, 2.24) is 10.2 Å². The molecule has 1 aliphatic heterocycles. The normalized spacial score (nSPS) is 15.9. The lowest BCUT2D eigenvalue weighted by atomic mass is 9.96. The molecule has 1 aromatic carbocycles. The van der Waals surface area contributed by atoms with Crippen molar-refractivity contribution < 1.29 is 9.47 Å². The topological polar surface area (TPSA) is 46.1 Å². The lowest BCUT2D eigenvalue weighted by Crippen LogP contribution is -2.40. The van der Waals surface area contributed by atoms with Gasteiger partial charge in [-0.05, 0) is 49.3 Å². The van der Waals surface area contributed by atoms with Gasteiger partial charge >= 0.3 is 0 Å². The maximum absolute atomic E-state index is 6.30. The van der Waals surface area contributed by atoms with E-state index in [1.165, 1.54) is 19.3 Å². The van der Waals surface area contributed by atoms with Crippen molar-refractivity contribution >= 4 is 17.6 Å². The van der Waals surface area contributed by atoms with Gasteiger partial charge in [0, 0.05) is 45.4 Å². The third kappa shape index (κ3) is 6.40. The Morgan fingerprint density at radius 3 is 2.80 bits per heavy atom. The number of halogens is 1. The minimum Gasteiger partial charge on any atom is -0.497 e. The average molecular weight is 368 g/mol. The minimum atomic E-state index is 0.740. The lowest BCUT2D eigenvalue weighted by Gasteiger charge is -2.26. The molecule has 0 aromatic heterocycles.